The SMILES string of the molecule is CCC(CCO)NC(=O)Cc1ccccc1OC(C)C. The summed E-state index contributed by atoms with van der Waals surface area (Å²) in [6.07, 6.45) is 1.78. The van der Waals surface area contributed by atoms with Crippen molar-refractivity contribution in [1.29, 1.82) is 0 Å². The number of amides is 1. The first-order chi connectivity index (χ1) is 9.56. The number of ether oxygens (including phenoxy) is 1. The summed E-state index contributed by atoms with van der Waals surface area (Å²) in [4.78, 5) is 12.0. The second kappa shape index (κ2) is 8.59. The molecule has 1 aromatic carbocycles. The fourth-order valence-corrected chi connectivity index (χ4v) is 2.00. The highest BCUT2D eigenvalue weighted by atomic mass is 16.5. The van der Waals surface area contributed by atoms with E-state index >= 15 is 0 Å². The Morgan fingerprint density at radius 1 is 1.35 bits per heavy atom. The van der Waals surface area contributed by atoms with Crippen LogP contribution in [0.2, 0.25) is 0 Å². The van der Waals surface area contributed by atoms with Gasteiger partial charge in [-0.3, -0.25) is 4.79 Å². The molecule has 0 aliphatic rings. The summed E-state index contributed by atoms with van der Waals surface area (Å²) < 4.78 is 5.71. The molecule has 1 amide bonds. The molecule has 0 fully saturated rings. The van der Waals surface area contributed by atoms with Gasteiger partial charge in [-0.25, -0.2) is 0 Å². The maximum absolute atomic E-state index is 12.0. The van der Waals surface area contributed by atoms with E-state index in [4.69, 9.17) is 9.84 Å². The van der Waals surface area contributed by atoms with Gasteiger partial charge in [0.25, 0.3) is 0 Å². The van der Waals surface area contributed by atoms with Crippen LogP contribution in [0.3, 0.4) is 0 Å². The van der Waals surface area contributed by atoms with E-state index in [1.165, 1.54) is 0 Å². The Labute approximate surface area is 121 Å². The molecule has 0 radical (unpaired) electrons. The third kappa shape index (κ3) is 5.61. The molecule has 0 bridgehead atoms. The van der Waals surface area contributed by atoms with E-state index in [9.17, 15) is 4.79 Å². The van der Waals surface area contributed by atoms with Gasteiger partial charge < -0.3 is 15.2 Å². The van der Waals surface area contributed by atoms with Crippen molar-refractivity contribution < 1.29 is 14.6 Å². The third-order valence-electron chi connectivity index (χ3n) is 3.02. The molecule has 0 aromatic heterocycles. The van der Waals surface area contributed by atoms with Crippen molar-refractivity contribution in [2.75, 3.05) is 6.61 Å². The molecule has 0 aliphatic heterocycles. The molecule has 1 unspecified atom stereocenters. The first-order valence-electron chi connectivity index (χ1n) is 7.21. The molecule has 20 heavy (non-hydrogen) atoms. The van der Waals surface area contributed by atoms with Crippen LogP contribution < -0.4 is 10.1 Å². The van der Waals surface area contributed by atoms with Crippen LogP contribution in [0.25, 0.3) is 0 Å². The van der Waals surface area contributed by atoms with E-state index in [2.05, 4.69) is 5.32 Å². The Kier molecular flexibility index (Phi) is 7.09. The molecule has 1 rings (SSSR count). The number of carbonyl (C=O) groups is 1. The van der Waals surface area contributed by atoms with Gasteiger partial charge in [0, 0.05) is 18.2 Å². The van der Waals surface area contributed by atoms with Crippen LogP contribution in [0, 0.1) is 0 Å². The second-order valence-electron chi connectivity index (χ2n) is 5.14. The molecule has 0 heterocycles. The summed E-state index contributed by atoms with van der Waals surface area (Å²) in [6.45, 7) is 6.01. The van der Waals surface area contributed by atoms with Gasteiger partial charge in [-0.15, -0.1) is 0 Å². The van der Waals surface area contributed by atoms with Gasteiger partial charge in [0.05, 0.1) is 12.5 Å². The van der Waals surface area contributed by atoms with Crippen molar-refractivity contribution in [2.45, 2.75) is 52.2 Å². The fraction of sp³-hybridized carbons (Fsp3) is 0.562. The number of hydrogen-bond donors (Lipinski definition) is 2. The lowest BCUT2D eigenvalue weighted by molar-refractivity contribution is -0.121. The Bertz CT molecular complexity index is 418. The predicted molar refractivity (Wildman–Crippen MR) is 79.8 cm³/mol. The van der Waals surface area contributed by atoms with Crippen LogP contribution in [-0.2, 0) is 11.2 Å². The van der Waals surface area contributed by atoms with Crippen LogP contribution >= 0.6 is 0 Å². The lowest BCUT2D eigenvalue weighted by Gasteiger charge is -2.17. The van der Waals surface area contributed by atoms with Gasteiger partial charge >= 0.3 is 0 Å². The van der Waals surface area contributed by atoms with Crippen LogP contribution in [0.5, 0.6) is 5.75 Å². The van der Waals surface area contributed by atoms with Crippen molar-refractivity contribution in [3.8, 4) is 5.75 Å². The number of aliphatic hydroxyl groups excluding tert-OH is 1. The maximum Gasteiger partial charge on any atom is 0.224 e. The molecule has 0 saturated heterocycles. The zero-order valence-corrected chi connectivity index (χ0v) is 12.6. The monoisotopic (exact) mass is 279 g/mol. The highest BCUT2D eigenvalue weighted by Gasteiger charge is 2.13. The van der Waals surface area contributed by atoms with E-state index in [-0.39, 0.29) is 24.7 Å². The van der Waals surface area contributed by atoms with Crippen LogP contribution in [0.15, 0.2) is 24.3 Å². The van der Waals surface area contributed by atoms with E-state index < -0.39 is 0 Å². The summed E-state index contributed by atoms with van der Waals surface area (Å²) in [5, 5.41) is 11.9. The topological polar surface area (TPSA) is 58.6 Å². The number of para-hydroxylation sites is 1. The number of carbonyl (C=O) groups excluding carboxylic acids is 1. The molecular weight excluding hydrogens is 254 g/mol. The molecule has 1 atom stereocenters. The molecular formula is C16H25NO3. The Morgan fingerprint density at radius 2 is 2.05 bits per heavy atom. The van der Waals surface area contributed by atoms with Gasteiger partial charge in [0.1, 0.15) is 5.75 Å². The zero-order valence-electron chi connectivity index (χ0n) is 12.6. The number of hydrogen-bond acceptors (Lipinski definition) is 3. The van der Waals surface area contributed by atoms with Crippen LogP contribution in [0.4, 0.5) is 0 Å². The molecule has 0 aliphatic carbocycles. The summed E-state index contributed by atoms with van der Waals surface area (Å²) in [6, 6.07) is 7.63. The molecule has 2 N–H and O–H groups in total. The van der Waals surface area contributed by atoms with Gasteiger partial charge in [-0.2, -0.15) is 0 Å². The standard InChI is InChI=1S/C16H25NO3/c1-4-14(9-10-18)17-16(19)11-13-7-5-6-8-15(13)20-12(2)3/h5-8,12,14,18H,4,9-11H2,1-3H3,(H,17,19). The van der Waals surface area contributed by atoms with Crippen molar-refractivity contribution >= 4 is 5.91 Å². The minimum atomic E-state index is -0.0369. The molecule has 112 valence electrons. The Balaban J connectivity index is 2.65. The number of benzene rings is 1. The predicted octanol–water partition coefficient (Wildman–Crippen LogP) is 2.29. The smallest absolute Gasteiger partial charge is 0.224 e. The summed E-state index contributed by atoms with van der Waals surface area (Å²) >= 11 is 0. The first-order valence-corrected chi connectivity index (χ1v) is 7.21. The summed E-state index contributed by atoms with van der Waals surface area (Å²) in [5.41, 5.74) is 0.887. The van der Waals surface area contributed by atoms with Gasteiger partial charge in [-0.1, -0.05) is 25.1 Å². The van der Waals surface area contributed by atoms with E-state index in [0.29, 0.717) is 12.8 Å². The van der Waals surface area contributed by atoms with Crippen molar-refractivity contribution in [1.82, 2.24) is 5.32 Å². The highest BCUT2D eigenvalue weighted by Crippen LogP contribution is 2.20. The lowest BCUT2D eigenvalue weighted by atomic mass is 10.1. The van der Waals surface area contributed by atoms with Crippen molar-refractivity contribution in [2.24, 2.45) is 0 Å². The first kappa shape index (κ1) is 16.5. The van der Waals surface area contributed by atoms with E-state index in [1.54, 1.807) is 0 Å². The molecule has 0 spiro atoms. The van der Waals surface area contributed by atoms with Gasteiger partial charge in [0.15, 0.2) is 0 Å². The van der Waals surface area contributed by atoms with Crippen LogP contribution in [0.1, 0.15) is 39.2 Å². The highest BCUT2D eigenvalue weighted by molar-refractivity contribution is 5.79. The Hall–Kier alpha value is -1.55. The van der Waals surface area contributed by atoms with Gasteiger partial charge in [0.2, 0.25) is 5.91 Å². The number of rotatable bonds is 8. The van der Waals surface area contributed by atoms with Crippen LogP contribution in [-0.4, -0.2) is 29.8 Å². The quantitative estimate of drug-likeness (QED) is 0.767. The van der Waals surface area contributed by atoms with Crippen molar-refractivity contribution in [3.63, 3.8) is 0 Å². The van der Waals surface area contributed by atoms with Crippen molar-refractivity contribution in [3.05, 3.63) is 29.8 Å². The summed E-state index contributed by atoms with van der Waals surface area (Å²) in [5.74, 6) is 0.720. The summed E-state index contributed by atoms with van der Waals surface area (Å²) in [7, 11) is 0. The van der Waals surface area contributed by atoms with Gasteiger partial charge in [-0.05, 0) is 32.8 Å². The Morgan fingerprint density at radius 3 is 2.65 bits per heavy atom. The third-order valence-corrected chi connectivity index (χ3v) is 3.02. The number of aliphatic hydroxyl groups is 1. The molecule has 1 aromatic rings. The fourth-order valence-electron chi connectivity index (χ4n) is 2.00. The largest absolute Gasteiger partial charge is 0.491 e. The average molecular weight is 279 g/mol. The lowest BCUT2D eigenvalue weighted by Crippen LogP contribution is -2.36. The molecule has 4 nitrogen and oxygen atoms in total. The zero-order chi connectivity index (χ0) is 15.0. The maximum atomic E-state index is 12.0. The minimum Gasteiger partial charge on any atom is -0.491 e. The average Bonchev–Trinajstić information content (AvgIpc) is 2.40. The normalized spacial score (nSPS) is 12.2. The number of nitrogens with one attached hydrogen (secondary N) is 1. The minimum absolute atomic E-state index is 0.0330. The molecule has 4 heteroatoms. The van der Waals surface area contributed by atoms with E-state index in [0.717, 1.165) is 17.7 Å². The molecule has 0 saturated carbocycles. The second-order valence-corrected chi connectivity index (χ2v) is 5.14. The van der Waals surface area contributed by atoms with E-state index in [1.807, 2.05) is 45.0 Å².